The van der Waals surface area contributed by atoms with Gasteiger partial charge in [-0.3, -0.25) is 9.36 Å². The van der Waals surface area contributed by atoms with Crippen LogP contribution in [-0.2, 0) is 4.79 Å². The van der Waals surface area contributed by atoms with Gasteiger partial charge in [0.25, 0.3) is 0 Å². The predicted octanol–water partition coefficient (Wildman–Crippen LogP) is 5.87. The first-order chi connectivity index (χ1) is 14.5. The number of aryl methyl sites for hydroxylation is 1. The molecule has 0 aliphatic heterocycles. The fourth-order valence-corrected chi connectivity index (χ4v) is 3.85. The van der Waals surface area contributed by atoms with Gasteiger partial charge >= 0.3 is 0 Å². The molecule has 30 heavy (non-hydrogen) atoms. The Morgan fingerprint density at radius 1 is 1.13 bits per heavy atom. The van der Waals surface area contributed by atoms with Gasteiger partial charge in [-0.05, 0) is 49.4 Å². The molecule has 0 saturated carbocycles. The molecule has 0 atom stereocenters. The molecule has 2 aromatic heterocycles. The minimum absolute atomic E-state index is 0.116. The largest absolute Gasteiger partial charge is 0.461 e. The molecule has 6 nitrogen and oxygen atoms in total. The highest BCUT2D eigenvalue weighted by Gasteiger charge is 2.19. The molecule has 0 aliphatic rings. The summed E-state index contributed by atoms with van der Waals surface area (Å²) in [5.74, 6) is 1.03. The van der Waals surface area contributed by atoms with Gasteiger partial charge in [0.05, 0.1) is 22.7 Å². The molecule has 4 rings (SSSR count). The lowest BCUT2D eigenvalue weighted by Gasteiger charge is -2.10. The van der Waals surface area contributed by atoms with Crippen molar-refractivity contribution < 1.29 is 9.21 Å². The fourth-order valence-electron chi connectivity index (χ4n) is 2.77. The van der Waals surface area contributed by atoms with Gasteiger partial charge in [-0.15, -0.1) is 10.2 Å². The fraction of sp³-hybridized carbons (Fsp3) is 0.0952. The molecular formula is C21H16Cl2N4O2S. The third-order valence-electron chi connectivity index (χ3n) is 4.20. The van der Waals surface area contributed by atoms with E-state index in [-0.39, 0.29) is 11.7 Å². The first kappa shape index (κ1) is 20.5. The summed E-state index contributed by atoms with van der Waals surface area (Å²) in [5.41, 5.74) is 2.47. The third-order valence-corrected chi connectivity index (χ3v) is 5.70. The van der Waals surface area contributed by atoms with Gasteiger partial charge in [-0.25, -0.2) is 0 Å². The first-order valence-electron chi connectivity index (χ1n) is 8.95. The highest BCUT2D eigenvalue weighted by molar-refractivity contribution is 7.99. The summed E-state index contributed by atoms with van der Waals surface area (Å²) in [6, 6.07) is 16.5. The van der Waals surface area contributed by atoms with Gasteiger partial charge < -0.3 is 9.73 Å². The number of halogens is 2. The second-order valence-corrected chi connectivity index (χ2v) is 8.20. The standard InChI is InChI=1S/C21H16Cl2N4O2S/c1-13-4-7-15(8-5-13)27-20(18-3-2-10-29-18)25-26-21(27)30-12-19(28)24-17-11-14(22)6-9-16(17)23/h2-11H,12H2,1H3,(H,24,28). The molecule has 1 N–H and O–H groups in total. The number of rotatable bonds is 6. The minimum atomic E-state index is -0.234. The Balaban J connectivity index is 1.57. The quantitative estimate of drug-likeness (QED) is 0.365. The van der Waals surface area contributed by atoms with Crippen LogP contribution in [0.4, 0.5) is 5.69 Å². The van der Waals surface area contributed by atoms with Crippen molar-refractivity contribution in [2.24, 2.45) is 0 Å². The molecule has 2 aromatic carbocycles. The van der Waals surface area contributed by atoms with Gasteiger partial charge in [0.15, 0.2) is 10.9 Å². The van der Waals surface area contributed by atoms with E-state index < -0.39 is 0 Å². The van der Waals surface area contributed by atoms with Crippen LogP contribution in [0.5, 0.6) is 0 Å². The van der Waals surface area contributed by atoms with E-state index >= 15 is 0 Å². The summed E-state index contributed by atoms with van der Waals surface area (Å²) in [7, 11) is 0. The maximum Gasteiger partial charge on any atom is 0.234 e. The van der Waals surface area contributed by atoms with E-state index in [2.05, 4.69) is 15.5 Å². The number of anilines is 1. The van der Waals surface area contributed by atoms with Crippen molar-refractivity contribution in [1.29, 1.82) is 0 Å². The van der Waals surface area contributed by atoms with Gasteiger partial charge in [0.1, 0.15) is 0 Å². The van der Waals surface area contributed by atoms with Crippen molar-refractivity contribution >= 4 is 46.6 Å². The van der Waals surface area contributed by atoms with Crippen molar-refractivity contribution in [3.05, 3.63) is 76.5 Å². The van der Waals surface area contributed by atoms with Crippen LogP contribution in [0.3, 0.4) is 0 Å². The number of nitrogens with zero attached hydrogens (tertiary/aromatic N) is 3. The number of nitrogens with one attached hydrogen (secondary N) is 1. The molecular weight excluding hydrogens is 443 g/mol. The first-order valence-corrected chi connectivity index (χ1v) is 10.7. The number of furan rings is 1. The van der Waals surface area contributed by atoms with E-state index in [1.54, 1.807) is 30.5 Å². The Morgan fingerprint density at radius 3 is 2.67 bits per heavy atom. The highest BCUT2D eigenvalue weighted by atomic mass is 35.5. The molecule has 0 spiro atoms. The van der Waals surface area contributed by atoms with Crippen LogP contribution in [0, 0.1) is 6.92 Å². The molecule has 0 radical (unpaired) electrons. The second kappa shape index (κ2) is 8.95. The Labute approximate surface area is 187 Å². The Hall–Kier alpha value is -2.74. The lowest BCUT2D eigenvalue weighted by atomic mass is 10.2. The lowest BCUT2D eigenvalue weighted by Crippen LogP contribution is -2.15. The third kappa shape index (κ3) is 4.53. The number of thioether (sulfide) groups is 1. The summed E-state index contributed by atoms with van der Waals surface area (Å²) in [4.78, 5) is 12.5. The molecule has 152 valence electrons. The SMILES string of the molecule is Cc1ccc(-n2c(SCC(=O)Nc3cc(Cl)ccc3Cl)nnc2-c2ccco2)cc1. The molecule has 0 aliphatic carbocycles. The van der Waals surface area contributed by atoms with Crippen LogP contribution in [0.25, 0.3) is 17.3 Å². The van der Waals surface area contributed by atoms with Gasteiger partial charge in [0, 0.05) is 10.7 Å². The average Bonchev–Trinajstić information content (AvgIpc) is 3.39. The van der Waals surface area contributed by atoms with Crippen LogP contribution < -0.4 is 5.32 Å². The Kier molecular flexibility index (Phi) is 6.13. The number of carbonyl (C=O) groups is 1. The predicted molar refractivity (Wildman–Crippen MR) is 120 cm³/mol. The van der Waals surface area contributed by atoms with Crippen LogP contribution in [0.15, 0.2) is 70.4 Å². The molecule has 1 amide bonds. The van der Waals surface area contributed by atoms with E-state index in [0.717, 1.165) is 11.3 Å². The van der Waals surface area contributed by atoms with Crippen molar-refractivity contribution in [3.8, 4) is 17.3 Å². The van der Waals surface area contributed by atoms with E-state index in [1.165, 1.54) is 11.8 Å². The van der Waals surface area contributed by atoms with Crippen LogP contribution >= 0.6 is 35.0 Å². The Morgan fingerprint density at radius 2 is 1.93 bits per heavy atom. The van der Waals surface area contributed by atoms with E-state index in [0.29, 0.717) is 32.5 Å². The lowest BCUT2D eigenvalue weighted by molar-refractivity contribution is -0.113. The maximum atomic E-state index is 12.5. The maximum absolute atomic E-state index is 12.5. The molecule has 4 aromatic rings. The number of hydrogen-bond donors (Lipinski definition) is 1. The summed E-state index contributed by atoms with van der Waals surface area (Å²) in [6.07, 6.45) is 1.58. The van der Waals surface area contributed by atoms with E-state index in [1.807, 2.05) is 41.8 Å². The number of aromatic nitrogens is 3. The summed E-state index contributed by atoms with van der Waals surface area (Å²) in [5, 5.41) is 12.8. The molecule has 0 fully saturated rings. The number of benzene rings is 2. The smallest absolute Gasteiger partial charge is 0.234 e. The topological polar surface area (TPSA) is 73.0 Å². The van der Waals surface area contributed by atoms with Crippen molar-refractivity contribution in [1.82, 2.24) is 14.8 Å². The monoisotopic (exact) mass is 458 g/mol. The zero-order chi connectivity index (χ0) is 21.1. The van der Waals surface area contributed by atoms with Gasteiger partial charge in [0.2, 0.25) is 11.7 Å². The molecule has 0 unspecified atom stereocenters. The number of amides is 1. The van der Waals surface area contributed by atoms with E-state index in [4.69, 9.17) is 27.6 Å². The number of hydrogen-bond acceptors (Lipinski definition) is 5. The molecule has 9 heteroatoms. The molecule has 0 bridgehead atoms. The summed E-state index contributed by atoms with van der Waals surface area (Å²) < 4.78 is 7.37. The second-order valence-electron chi connectivity index (χ2n) is 6.42. The van der Waals surface area contributed by atoms with Crippen molar-refractivity contribution in [2.75, 3.05) is 11.1 Å². The summed E-state index contributed by atoms with van der Waals surface area (Å²) >= 11 is 13.4. The van der Waals surface area contributed by atoms with E-state index in [9.17, 15) is 4.79 Å². The average molecular weight is 459 g/mol. The zero-order valence-corrected chi connectivity index (χ0v) is 18.1. The van der Waals surface area contributed by atoms with Crippen molar-refractivity contribution in [3.63, 3.8) is 0 Å². The Bertz CT molecular complexity index is 1170. The van der Waals surface area contributed by atoms with Crippen LogP contribution in [-0.4, -0.2) is 26.4 Å². The highest BCUT2D eigenvalue weighted by Crippen LogP contribution is 2.29. The van der Waals surface area contributed by atoms with Crippen LogP contribution in [0.1, 0.15) is 5.56 Å². The zero-order valence-electron chi connectivity index (χ0n) is 15.8. The summed E-state index contributed by atoms with van der Waals surface area (Å²) in [6.45, 7) is 2.02. The van der Waals surface area contributed by atoms with Gasteiger partial charge in [-0.2, -0.15) is 0 Å². The van der Waals surface area contributed by atoms with Crippen molar-refractivity contribution in [2.45, 2.75) is 12.1 Å². The minimum Gasteiger partial charge on any atom is -0.461 e. The number of carbonyl (C=O) groups excluding carboxylic acids is 1. The van der Waals surface area contributed by atoms with Crippen LogP contribution in [0.2, 0.25) is 10.0 Å². The molecule has 2 heterocycles. The molecule has 0 saturated heterocycles. The normalized spacial score (nSPS) is 10.9. The van der Waals surface area contributed by atoms with Gasteiger partial charge in [-0.1, -0.05) is 52.7 Å².